The van der Waals surface area contributed by atoms with Crippen molar-refractivity contribution in [2.75, 3.05) is 13.7 Å². The molecule has 0 aliphatic carbocycles. The third kappa shape index (κ3) is 3.74. The predicted molar refractivity (Wildman–Crippen MR) is 98.7 cm³/mol. The normalized spacial score (nSPS) is 10.8. The number of carbonyl (C=O) groups excluding carboxylic acids is 2. The highest BCUT2D eigenvalue weighted by atomic mass is 32.1. The number of benzene rings is 1. The van der Waals surface area contributed by atoms with Gasteiger partial charge in [-0.1, -0.05) is 18.2 Å². The lowest BCUT2D eigenvalue weighted by Gasteiger charge is -2.16. The Balaban J connectivity index is 1.65. The van der Waals surface area contributed by atoms with Gasteiger partial charge in [-0.05, 0) is 35.4 Å². The van der Waals surface area contributed by atoms with E-state index in [4.69, 9.17) is 4.74 Å². The van der Waals surface area contributed by atoms with Crippen LogP contribution in [0.3, 0.4) is 0 Å². The predicted octanol–water partition coefficient (Wildman–Crippen LogP) is 3.54. The molecule has 2 heterocycles. The van der Waals surface area contributed by atoms with Gasteiger partial charge in [-0.3, -0.25) is 4.79 Å². The summed E-state index contributed by atoms with van der Waals surface area (Å²) in [6.07, 6.45) is 1.78. The minimum Gasteiger partial charge on any atom is -0.452 e. The lowest BCUT2D eigenvalue weighted by molar-refractivity contribution is -0.133. The summed E-state index contributed by atoms with van der Waals surface area (Å²) in [6.45, 7) is 3.03. The molecule has 5 nitrogen and oxygen atoms in total. The van der Waals surface area contributed by atoms with Gasteiger partial charge in [0.2, 0.25) is 0 Å². The molecule has 3 rings (SSSR count). The van der Waals surface area contributed by atoms with E-state index in [-0.39, 0.29) is 12.5 Å². The second-order valence-electron chi connectivity index (χ2n) is 5.80. The van der Waals surface area contributed by atoms with E-state index in [1.54, 1.807) is 29.5 Å². The molecule has 0 bridgehead atoms. The van der Waals surface area contributed by atoms with Crippen LogP contribution >= 0.6 is 11.3 Å². The molecule has 6 heteroatoms. The zero-order valence-electron chi connectivity index (χ0n) is 14.3. The second-order valence-corrected chi connectivity index (χ2v) is 6.58. The maximum Gasteiger partial charge on any atom is 0.340 e. The molecule has 1 amide bonds. The molecule has 0 atom stereocenters. The van der Waals surface area contributed by atoms with Crippen LogP contribution in [0.25, 0.3) is 10.9 Å². The summed E-state index contributed by atoms with van der Waals surface area (Å²) in [7, 11) is 1.71. The van der Waals surface area contributed by atoms with Gasteiger partial charge in [0.25, 0.3) is 5.91 Å². The van der Waals surface area contributed by atoms with E-state index >= 15 is 0 Å². The van der Waals surface area contributed by atoms with Crippen LogP contribution in [0.15, 0.2) is 47.3 Å². The third-order valence-electron chi connectivity index (χ3n) is 4.10. The van der Waals surface area contributed by atoms with Crippen molar-refractivity contribution < 1.29 is 14.3 Å². The number of hydrogen-bond acceptors (Lipinski definition) is 4. The molecule has 0 fully saturated rings. The van der Waals surface area contributed by atoms with Crippen molar-refractivity contribution in [1.29, 1.82) is 0 Å². The summed E-state index contributed by atoms with van der Waals surface area (Å²) in [5, 5.41) is 4.81. The van der Waals surface area contributed by atoms with Gasteiger partial charge >= 0.3 is 5.97 Å². The number of thiophene rings is 1. The van der Waals surface area contributed by atoms with Crippen molar-refractivity contribution in [2.45, 2.75) is 20.0 Å². The van der Waals surface area contributed by atoms with E-state index in [9.17, 15) is 9.59 Å². The van der Waals surface area contributed by atoms with Crippen molar-refractivity contribution in [3.63, 3.8) is 0 Å². The highest BCUT2D eigenvalue weighted by molar-refractivity contribution is 7.07. The molecular formula is C19H20N2O3S. The first-order valence-electron chi connectivity index (χ1n) is 8.10. The van der Waals surface area contributed by atoms with Crippen LogP contribution in [-0.4, -0.2) is 35.0 Å². The molecule has 130 valence electrons. The second kappa shape index (κ2) is 7.53. The summed E-state index contributed by atoms with van der Waals surface area (Å²) in [5.41, 5.74) is 2.54. The number of aryl methyl sites for hydroxylation is 1. The number of amides is 1. The Morgan fingerprint density at radius 2 is 2.04 bits per heavy atom. The van der Waals surface area contributed by atoms with Crippen LogP contribution in [0.2, 0.25) is 0 Å². The molecule has 1 aromatic carbocycles. The quantitative estimate of drug-likeness (QED) is 0.635. The fraction of sp³-hybridized carbons (Fsp3) is 0.263. The van der Waals surface area contributed by atoms with E-state index in [2.05, 4.69) is 0 Å². The van der Waals surface area contributed by atoms with Crippen LogP contribution in [0, 0.1) is 0 Å². The van der Waals surface area contributed by atoms with E-state index in [1.807, 2.05) is 52.6 Å². The number of aromatic nitrogens is 1. The average molecular weight is 356 g/mol. The summed E-state index contributed by atoms with van der Waals surface area (Å²) in [6, 6.07) is 9.66. The summed E-state index contributed by atoms with van der Waals surface area (Å²) in [5.74, 6) is -0.695. The van der Waals surface area contributed by atoms with Gasteiger partial charge in [0, 0.05) is 37.2 Å². The SMILES string of the molecule is CCn1cc(C(=O)OCC(=O)N(C)Cc2ccsc2)c2ccccc21. The maximum atomic E-state index is 12.4. The molecule has 0 saturated carbocycles. The number of rotatable bonds is 6. The van der Waals surface area contributed by atoms with Gasteiger partial charge in [0.05, 0.1) is 5.56 Å². The number of hydrogen-bond donors (Lipinski definition) is 0. The van der Waals surface area contributed by atoms with Crippen LogP contribution in [0.5, 0.6) is 0 Å². The van der Waals surface area contributed by atoms with Crippen molar-refractivity contribution in [2.24, 2.45) is 0 Å². The Kier molecular flexibility index (Phi) is 5.19. The van der Waals surface area contributed by atoms with Crippen molar-refractivity contribution in [3.05, 3.63) is 58.4 Å². The largest absolute Gasteiger partial charge is 0.452 e. The molecule has 0 aliphatic heterocycles. The highest BCUT2D eigenvalue weighted by Gasteiger charge is 2.18. The first-order valence-corrected chi connectivity index (χ1v) is 9.04. The van der Waals surface area contributed by atoms with Gasteiger partial charge in [-0.25, -0.2) is 4.79 Å². The third-order valence-corrected chi connectivity index (χ3v) is 4.83. The van der Waals surface area contributed by atoms with E-state index in [0.29, 0.717) is 12.1 Å². The molecular weight excluding hydrogens is 336 g/mol. The number of fused-ring (bicyclic) bond motifs is 1. The van der Waals surface area contributed by atoms with Crippen LogP contribution in [0.1, 0.15) is 22.8 Å². The number of carbonyl (C=O) groups is 2. The zero-order valence-corrected chi connectivity index (χ0v) is 15.1. The first kappa shape index (κ1) is 17.2. The molecule has 0 saturated heterocycles. The number of ether oxygens (including phenoxy) is 1. The lowest BCUT2D eigenvalue weighted by Crippen LogP contribution is -2.30. The number of nitrogens with zero attached hydrogens (tertiary/aromatic N) is 2. The van der Waals surface area contributed by atoms with Gasteiger partial charge in [-0.2, -0.15) is 11.3 Å². The van der Waals surface area contributed by atoms with Crippen molar-refractivity contribution >= 4 is 34.1 Å². The fourth-order valence-electron chi connectivity index (χ4n) is 2.73. The number of para-hydroxylation sites is 1. The first-order chi connectivity index (χ1) is 12.1. The molecule has 0 aliphatic rings. The van der Waals surface area contributed by atoms with Crippen LogP contribution < -0.4 is 0 Å². The summed E-state index contributed by atoms with van der Waals surface area (Å²) in [4.78, 5) is 26.2. The van der Waals surface area contributed by atoms with Gasteiger partial charge < -0.3 is 14.2 Å². The smallest absolute Gasteiger partial charge is 0.340 e. The molecule has 0 N–H and O–H groups in total. The van der Waals surface area contributed by atoms with Crippen LogP contribution in [0.4, 0.5) is 0 Å². The minimum absolute atomic E-state index is 0.223. The van der Waals surface area contributed by atoms with Gasteiger partial charge in [0.15, 0.2) is 6.61 Å². The van der Waals surface area contributed by atoms with Crippen molar-refractivity contribution in [3.8, 4) is 0 Å². The monoisotopic (exact) mass is 356 g/mol. The Bertz CT molecular complexity index is 883. The fourth-order valence-corrected chi connectivity index (χ4v) is 3.39. The Hall–Kier alpha value is -2.60. The van der Waals surface area contributed by atoms with Gasteiger partial charge in [-0.15, -0.1) is 0 Å². The molecule has 0 spiro atoms. The van der Waals surface area contributed by atoms with E-state index in [0.717, 1.165) is 23.0 Å². The summed E-state index contributed by atoms with van der Waals surface area (Å²) < 4.78 is 7.25. The molecule has 0 unspecified atom stereocenters. The minimum atomic E-state index is -0.472. The average Bonchev–Trinajstić information content (AvgIpc) is 3.26. The lowest BCUT2D eigenvalue weighted by atomic mass is 10.2. The van der Waals surface area contributed by atoms with E-state index in [1.165, 1.54) is 0 Å². The Morgan fingerprint density at radius 3 is 2.76 bits per heavy atom. The number of likely N-dealkylation sites (N-methyl/N-ethyl adjacent to an activating group) is 1. The standard InChI is InChI=1S/C19H20N2O3S/c1-3-21-11-16(15-6-4-5-7-17(15)21)19(23)24-12-18(22)20(2)10-14-8-9-25-13-14/h4-9,11,13H,3,10,12H2,1-2H3. The van der Waals surface area contributed by atoms with E-state index < -0.39 is 5.97 Å². The molecule has 3 aromatic rings. The molecule has 0 radical (unpaired) electrons. The maximum absolute atomic E-state index is 12.4. The Morgan fingerprint density at radius 1 is 1.24 bits per heavy atom. The molecule has 2 aromatic heterocycles. The molecule has 25 heavy (non-hydrogen) atoms. The topological polar surface area (TPSA) is 51.5 Å². The highest BCUT2D eigenvalue weighted by Crippen LogP contribution is 2.22. The zero-order chi connectivity index (χ0) is 17.8. The van der Waals surface area contributed by atoms with Crippen molar-refractivity contribution in [1.82, 2.24) is 9.47 Å². The Labute approximate surface area is 150 Å². The summed E-state index contributed by atoms with van der Waals surface area (Å²) >= 11 is 1.59. The van der Waals surface area contributed by atoms with Crippen LogP contribution in [-0.2, 0) is 22.6 Å². The number of esters is 1. The van der Waals surface area contributed by atoms with Gasteiger partial charge in [0.1, 0.15) is 0 Å².